The van der Waals surface area contributed by atoms with Gasteiger partial charge >= 0.3 is 0 Å². The van der Waals surface area contributed by atoms with E-state index in [1.807, 2.05) is 0 Å². The van der Waals surface area contributed by atoms with E-state index in [1.54, 1.807) is 13.8 Å². The van der Waals surface area contributed by atoms with E-state index in [2.05, 4.69) is 4.90 Å². The summed E-state index contributed by atoms with van der Waals surface area (Å²) in [7, 11) is -2.93. The molecule has 100 valence electrons. The molecule has 0 bridgehead atoms. The molecule has 4 nitrogen and oxygen atoms in total. The first-order valence-corrected chi connectivity index (χ1v) is 8.23. The highest BCUT2D eigenvalue weighted by molar-refractivity contribution is 7.92. The molecule has 0 aromatic heterocycles. The number of aliphatic hydroxyl groups excluding tert-OH is 1. The molecule has 0 aromatic carbocycles. The van der Waals surface area contributed by atoms with Crippen molar-refractivity contribution >= 4 is 9.84 Å². The average Bonchev–Trinajstić information content (AvgIpc) is 2.78. The third-order valence-corrected chi connectivity index (χ3v) is 6.49. The van der Waals surface area contributed by atoms with E-state index < -0.39 is 9.84 Å². The molecule has 17 heavy (non-hydrogen) atoms. The lowest BCUT2D eigenvalue weighted by molar-refractivity contribution is 0.125. The third-order valence-electron chi connectivity index (χ3n) is 4.30. The van der Waals surface area contributed by atoms with E-state index in [9.17, 15) is 13.5 Å². The number of hydrogen-bond donors (Lipinski definition) is 1. The molecule has 0 amide bonds. The lowest BCUT2D eigenvalue weighted by atomic mass is 10.00. The van der Waals surface area contributed by atoms with Gasteiger partial charge in [0, 0.05) is 25.6 Å². The number of fused-ring (bicyclic) bond motifs is 1. The Balaban J connectivity index is 1.83. The Morgan fingerprint density at radius 1 is 1.29 bits per heavy atom. The molecule has 0 radical (unpaired) electrons. The van der Waals surface area contributed by atoms with Crippen molar-refractivity contribution in [1.29, 1.82) is 0 Å². The van der Waals surface area contributed by atoms with Crippen LogP contribution in [0, 0.1) is 11.8 Å². The van der Waals surface area contributed by atoms with Crippen molar-refractivity contribution in [3.63, 3.8) is 0 Å². The zero-order chi connectivity index (χ0) is 12.6. The van der Waals surface area contributed by atoms with Crippen LogP contribution < -0.4 is 0 Å². The van der Waals surface area contributed by atoms with Gasteiger partial charge in [0.25, 0.3) is 0 Å². The number of rotatable bonds is 4. The van der Waals surface area contributed by atoms with Crippen LogP contribution in [0.25, 0.3) is 0 Å². The predicted octanol–water partition coefficient (Wildman–Crippen LogP) is 0.512. The van der Waals surface area contributed by atoms with Crippen LogP contribution in [-0.4, -0.2) is 55.2 Å². The molecule has 1 N–H and O–H groups in total. The van der Waals surface area contributed by atoms with E-state index in [0.29, 0.717) is 18.4 Å². The number of aliphatic hydroxyl groups is 1. The van der Waals surface area contributed by atoms with Gasteiger partial charge in [-0.3, -0.25) is 0 Å². The van der Waals surface area contributed by atoms with Crippen molar-refractivity contribution in [2.75, 3.05) is 25.4 Å². The van der Waals surface area contributed by atoms with E-state index in [-0.39, 0.29) is 17.1 Å². The number of sulfone groups is 1. The molecule has 0 spiro atoms. The predicted molar refractivity (Wildman–Crippen MR) is 67.6 cm³/mol. The normalized spacial score (nSPS) is 34.5. The maximum absolute atomic E-state index is 11.7. The highest BCUT2D eigenvalue weighted by Crippen LogP contribution is 2.37. The molecule has 1 saturated heterocycles. The van der Waals surface area contributed by atoms with Crippen molar-refractivity contribution in [3.05, 3.63) is 0 Å². The highest BCUT2D eigenvalue weighted by atomic mass is 32.2. The summed E-state index contributed by atoms with van der Waals surface area (Å²) < 4.78 is 23.4. The molecule has 2 aliphatic rings. The van der Waals surface area contributed by atoms with Crippen molar-refractivity contribution in [2.45, 2.75) is 38.0 Å². The summed E-state index contributed by atoms with van der Waals surface area (Å²) in [5.41, 5.74) is 0. The van der Waals surface area contributed by atoms with Crippen LogP contribution in [0.1, 0.15) is 26.7 Å². The van der Waals surface area contributed by atoms with E-state index >= 15 is 0 Å². The summed E-state index contributed by atoms with van der Waals surface area (Å²) in [6.07, 6.45) is 1.86. The zero-order valence-electron chi connectivity index (χ0n) is 10.7. The first kappa shape index (κ1) is 13.3. The Kier molecular flexibility index (Phi) is 3.80. The molecule has 1 aliphatic carbocycles. The van der Waals surface area contributed by atoms with E-state index in [0.717, 1.165) is 25.9 Å². The number of nitrogens with zero attached hydrogens (tertiary/aromatic N) is 1. The molecular formula is C12H23NO3S. The minimum absolute atomic E-state index is 0.160. The van der Waals surface area contributed by atoms with Crippen LogP contribution in [0.2, 0.25) is 0 Å². The topological polar surface area (TPSA) is 57.6 Å². The molecule has 1 aliphatic heterocycles. The fraction of sp³-hybridized carbons (Fsp3) is 1.00. The zero-order valence-corrected chi connectivity index (χ0v) is 11.5. The Morgan fingerprint density at radius 3 is 2.59 bits per heavy atom. The Morgan fingerprint density at radius 2 is 2.00 bits per heavy atom. The van der Waals surface area contributed by atoms with Crippen LogP contribution in [0.5, 0.6) is 0 Å². The molecule has 1 heterocycles. The highest BCUT2D eigenvalue weighted by Gasteiger charge is 2.41. The molecule has 3 unspecified atom stereocenters. The lowest BCUT2D eigenvalue weighted by Gasteiger charge is -2.18. The third kappa shape index (κ3) is 2.83. The summed E-state index contributed by atoms with van der Waals surface area (Å²) in [6, 6.07) is 0. The summed E-state index contributed by atoms with van der Waals surface area (Å²) in [5.74, 6) is 1.23. The van der Waals surface area contributed by atoms with Gasteiger partial charge in [-0.2, -0.15) is 0 Å². The van der Waals surface area contributed by atoms with Crippen LogP contribution >= 0.6 is 0 Å². The summed E-state index contributed by atoms with van der Waals surface area (Å²) in [5, 5.41) is 9.51. The molecule has 2 fully saturated rings. The van der Waals surface area contributed by atoms with E-state index in [1.165, 1.54) is 0 Å². The molecule has 0 aromatic rings. The van der Waals surface area contributed by atoms with Gasteiger partial charge in [0.2, 0.25) is 0 Å². The Hall–Kier alpha value is -0.130. The fourth-order valence-corrected chi connectivity index (χ4v) is 3.99. The standard InChI is InChI=1S/C12H23NO3S/c1-9(2)17(15,16)6-5-13-7-10-3-4-12(14)11(10)8-13/h9-12,14H,3-8H2,1-2H3. The van der Waals surface area contributed by atoms with Crippen LogP contribution in [0.3, 0.4) is 0 Å². The van der Waals surface area contributed by atoms with Gasteiger partial charge < -0.3 is 10.0 Å². The van der Waals surface area contributed by atoms with Crippen molar-refractivity contribution in [1.82, 2.24) is 4.90 Å². The monoisotopic (exact) mass is 261 g/mol. The number of hydrogen-bond acceptors (Lipinski definition) is 4. The van der Waals surface area contributed by atoms with Crippen LogP contribution in [0.4, 0.5) is 0 Å². The maximum Gasteiger partial charge on any atom is 0.153 e. The number of likely N-dealkylation sites (tertiary alicyclic amines) is 1. The molecule has 3 atom stereocenters. The second kappa shape index (κ2) is 4.86. The minimum atomic E-state index is -2.93. The maximum atomic E-state index is 11.7. The van der Waals surface area contributed by atoms with Gasteiger partial charge in [0.1, 0.15) is 0 Å². The van der Waals surface area contributed by atoms with Crippen molar-refractivity contribution in [2.24, 2.45) is 11.8 Å². The van der Waals surface area contributed by atoms with Crippen LogP contribution in [-0.2, 0) is 9.84 Å². The van der Waals surface area contributed by atoms with Gasteiger partial charge in [0.05, 0.1) is 17.1 Å². The smallest absolute Gasteiger partial charge is 0.153 e. The summed E-state index contributed by atoms with van der Waals surface area (Å²) in [4.78, 5) is 2.21. The second-order valence-electron chi connectivity index (χ2n) is 5.74. The Bertz CT molecular complexity index is 366. The van der Waals surface area contributed by atoms with Crippen molar-refractivity contribution in [3.8, 4) is 0 Å². The Labute approximate surface area is 104 Å². The SMILES string of the molecule is CC(C)S(=O)(=O)CCN1CC2CCC(O)C2C1. The molecule has 2 rings (SSSR count). The lowest BCUT2D eigenvalue weighted by Crippen LogP contribution is -2.31. The second-order valence-corrected chi connectivity index (χ2v) is 8.42. The van der Waals surface area contributed by atoms with Gasteiger partial charge in [-0.15, -0.1) is 0 Å². The first-order chi connectivity index (χ1) is 7.90. The molecule has 1 saturated carbocycles. The fourth-order valence-electron chi connectivity index (χ4n) is 3.00. The minimum Gasteiger partial charge on any atom is -0.393 e. The van der Waals surface area contributed by atoms with Gasteiger partial charge in [0.15, 0.2) is 9.84 Å². The van der Waals surface area contributed by atoms with Gasteiger partial charge in [-0.25, -0.2) is 8.42 Å². The largest absolute Gasteiger partial charge is 0.393 e. The quantitative estimate of drug-likeness (QED) is 0.801. The van der Waals surface area contributed by atoms with E-state index in [4.69, 9.17) is 0 Å². The summed E-state index contributed by atoms with van der Waals surface area (Å²) >= 11 is 0. The molecule has 5 heteroatoms. The van der Waals surface area contributed by atoms with Crippen molar-refractivity contribution < 1.29 is 13.5 Å². The summed E-state index contributed by atoms with van der Waals surface area (Å²) in [6.45, 7) is 5.94. The first-order valence-electron chi connectivity index (χ1n) is 6.52. The van der Waals surface area contributed by atoms with Crippen LogP contribution in [0.15, 0.2) is 0 Å². The average molecular weight is 261 g/mol. The van der Waals surface area contributed by atoms with Gasteiger partial charge in [-0.05, 0) is 32.6 Å². The van der Waals surface area contributed by atoms with Gasteiger partial charge in [-0.1, -0.05) is 0 Å². The molecular weight excluding hydrogens is 238 g/mol.